The Labute approximate surface area is 195 Å². The number of nitrogen functional groups attached to an aromatic ring is 1. The molecule has 2 amide bonds. The van der Waals surface area contributed by atoms with Crippen LogP contribution in [0.15, 0.2) is 53.7 Å². The quantitative estimate of drug-likeness (QED) is 0.400. The number of para-hydroxylation sites is 2. The van der Waals surface area contributed by atoms with Crippen molar-refractivity contribution in [2.24, 2.45) is 0 Å². The molecule has 3 aromatic rings. The van der Waals surface area contributed by atoms with E-state index in [1.165, 1.54) is 9.58 Å². The number of ether oxygens (including phenoxy) is 2. The van der Waals surface area contributed by atoms with Gasteiger partial charge in [0.05, 0.1) is 24.2 Å². The number of rotatable bonds is 7. The van der Waals surface area contributed by atoms with E-state index in [4.69, 9.17) is 15.3 Å². The molecule has 33 heavy (non-hydrogen) atoms. The standard InChI is InChI=1S/C22H24N6O4S/c1-22(2)20(30)24-16-9-4-5-10-17(16)27(22)19(29)13-33-21-26-25-18(28(21)23)12-32-15-8-6-7-14(11-15)31-3/h4-11H,12-13,23H2,1-3H3,(H,24,30). The molecule has 0 fully saturated rings. The Morgan fingerprint density at radius 2 is 1.91 bits per heavy atom. The van der Waals surface area contributed by atoms with Crippen LogP contribution < -0.4 is 25.5 Å². The van der Waals surface area contributed by atoms with E-state index in [0.29, 0.717) is 33.9 Å². The first-order chi connectivity index (χ1) is 15.8. The minimum Gasteiger partial charge on any atom is -0.497 e. The van der Waals surface area contributed by atoms with E-state index in [9.17, 15) is 9.59 Å². The smallest absolute Gasteiger partial charge is 0.250 e. The summed E-state index contributed by atoms with van der Waals surface area (Å²) in [4.78, 5) is 27.3. The molecule has 11 heteroatoms. The maximum atomic E-state index is 13.2. The van der Waals surface area contributed by atoms with E-state index >= 15 is 0 Å². The van der Waals surface area contributed by atoms with Crippen LogP contribution in [0.1, 0.15) is 19.7 Å². The molecule has 0 saturated carbocycles. The average molecular weight is 469 g/mol. The predicted octanol–water partition coefficient (Wildman–Crippen LogP) is 2.44. The summed E-state index contributed by atoms with van der Waals surface area (Å²) in [7, 11) is 1.58. The Morgan fingerprint density at radius 3 is 2.70 bits per heavy atom. The topological polar surface area (TPSA) is 125 Å². The monoisotopic (exact) mass is 468 g/mol. The Hall–Kier alpha value is -3.73. The fraction of sp³-hybridized carbons (Fsp3) is 0.273. The van der Waals surface area contributed by atoms with Gasteiger partial charge in [-0.15, -0.1) is 10.2 Å². The van der Waals surface area contributed by atoms with Crippen LogP contribution >= 0.6 is 11.8 Å². The summed E-state index contributed by atoms with van der Waals surface area (Å²) in [6, 6.07) is 14.4. The summed E-state index contributed by atoms with van der Waals surface area (Å²) in [5.74, 6) is 7.32. The minimum absolute atomic E-state index is 0.0249. The first-order valence-corrected chi connectivity index (χ1v) is 11.1. The number of methoxy groups -OCH3 is 1. The highest BCUT2D eigenvalue weighted by atomic mass is 32.2. The third-order valence-corrected chi connectivity index (χ3v) is 6.15. The summed E-state index contributed by atoms with van der Waals surface area (Å²) in [5.41, 5.74) is 0.200. The van der Waals surface area contributed by atoms with Gasteiger partial charge in [0.15, 0.2) is 5.82 Å². The van der Waals surface area contributed by atoms with Crippen LogP contribution in [-0.2, 0) is 16.2 Å². The maximum Gasteiger partial charge on any atom is 0.250 e. The lowest BCUT2D eigenvalue weighted by molar-refractivity contribution is -0.125. The summed E-state index contributed by atoms with van der Waals surface area (Å²) in [6.45, 7) is 3.51. The molecule has 0 unspecified atom stereocenters. The average Bonchev–Trinajstić information content (AvgIpc) is 3.16. The van der Waals surface area contributed by atoms with Crippen molar-refractivity contribution in [2.45, 2.75) is 31.1 Å². The van der Waals surface area contributed by atoms with Crippen LogP contribution in [0.5, 0.6) is 11.5 Å². The van der Waals surface area contributed by atoms with Gasteiger partial charge in [0.1, 0.15) is 23.6 Å². The number of hydrogen-bond acceptors (Lipinski definition) is 8. The van der Waals surface area contributed by atoms with Gasteiger partial charge >= 0.3 is 0 Å². The number of carbonyl (C=O) groups excluding carboxylic acids is 2. The number of amides is 2. The fourth-order valence-corrected chi connectivity index (χ4v) is 4.16. The van der Waals surface area contributed by atoms with E-state index < -0.39 is 5.54 Å². The van der Waals surface area contributed by atoms with E-state index in [2.05, 4.69) is 15.5 Å². The maximum absolute atomic E-state index is 13.2. The molecular weight excluding hydrogens is 444 g/mol. The molecule has 0 radical (unpaired) electrons. The van der Waals surface area contributed by atoms with Crippen molar-refractivity contribution in [1.29, 1.82) is 0 Å². The fourth-order valence-electron chi connectivity index (χ4n) is 3.43. The minimum atomic E-state index is -1.04. The Balaban J connectivity index is 1.44. The second kappa shape index (κ2) is 9.02. The number of benzene rings is 2. The molecule has 4 rings (SSSR count). The van der Waals surface area contributed by atoms with E-state index in [1.54, 1.807) is 51.3 Å². The molecule has 0 bridgehead atoms. The number of hydrogen-bond donors (Lipinski definition) is 2. The number of nitrogens with one attached hydrogen (secondary N) is 1. The molecule has 3 N–H and O–H groups in total. The van der Waals surface area contributed by atoms with Gasteiger partial charge in [0, 0.05) is 6.07 Å². The second-order valence-corrected chi connectivity index (χ2v) is 8.73. The van der Waals surface area contributed by atoms with Crippen molar-refractivity contribution in [2.75, 3.05) is 28.9 Å². The van der Waals surface area contributed by atoms with Crippen LogP contribution in [0.4, 0.5) is 11.4 Å². The lowest BCUT2D eigenvalue weighted by Gasteiger charge is -2.42. The lowest BCUT2D eigenvalue weighted by atomic mass is 9.96. The molecule has 2 aromatic carbocycles. The van der Waals surface area contributed by atoms with E-state index in [1.807, 2.05) is 18.2 Å². The second-order valence-electron chi connectivity index (χ2n) is 7.78. The van der Waals surface area contributed by atoms with Crippen molar-refractivity contribution in [3.63, 3.8) is 0 Å². The van der Waals surface area contributed by atoms with Crippen LogP contribution in [-0.4, -0.2) is 45.1 Å². The normalized spacial score (nSPS) is 14.4. The van der Waals surface area contributed by atoms with Crippen LogP contribution in [0.2, 0.25) is 0 Å². The molecule has 0 spiro atoms. The molecule has 0 saturated heterocycles. The van der Waals surface area contributed by atoms with Crippen molar-refractivity contribution in [1.82, 2.24) is 14.9 Å². The van der Waals surface area contributed by atoms with Gasteiger partial charge in [-0.2, -0.15) is 0 Å². The molecule has 172 valence electrons. The highest BCUT2D eigenvalue weighted by molar-refractivity contribution is 7.99. The highest BCUT2D eigenvalue weighted by Gasteiger charge is 2.43. The Bertz CT molecular complexity index is 1200. The number of thioether (sulfide) groups is 1. The van der Waals surface area contributed by atoms with Gasteiger partial charge in [-0.3, -0.25) is 14.5 Å². The molecule has 10 nitrogen and oxygen atoms in total. The summed E-state index contributed by atoms with van der Waals surface area (Å²) < 4.78 is 12.2. The number of nitrogens with two attached hydrogens (primary N) is 1. The molecule has 0 atom stereocenters. The predicted molar refractivity (Wildman–Crippen MR) is 125 cm³/mol. The number of fused-ring (bicyclic) bond motifs is 1. The van der Waals surface area contributed by atoms with Crippen molar-refractivity contribution >= 4 is 35.0 Å². The summed E-state index contributed by atoms with van der Waals surface area (Å²) in [5, 5.41) is 11.3. The third-order valence-electron chi connectivity index (χ3n) is 5.23. The summed E-state index contributed by atoms with van der Waals surface area (Å²) in [6.07, 6.45) is 0. The Morgan fingerprint density at radius 1 is 1.15 bits per heavy atom. The zero-order chi connectivity index (χ0) is 23.6. The van der Waals surface area contributed by atoms with Crippen LogP contribution in [0.25, 0.3) is 0 Å². The number of anilines is 2. The van der Waals surface area contributed by atoms with Gasteiger partial charge in [0.2, 0.25) is 17.0 Å². The van der Waals surface area contributed by atoms with Gasteiger partial charge in [-0.05, 0) is 38.1 Å². The van der Waals surface area contributed by atoms with E-state index in [-0.39, 0.29) is 24.2 Å². The first-order valence-electron chi connectivity index (χ1n) is 10.1. The van der Waals surface area contributed by atoms with Crippen molar-refractivity contribution in [3.8, 4) is 11.5 Å². The lowest BCUT2D eigenvalue weighted by Crippen LogP contribution is -2.59. The zero-order valence-corrected chi connectivity index (χ0v) is 19.3. The van der Waals surface area contributed by atoms with Crippen molar-refractivity contribution < 1.29 is 19.1 Å². The highest BCUT2D eigenvalue weighted by Crippen LogP contribution is 2.37. The van der Waals surface area contributed by atoms with Crippen molar-refractivity contribution in [3.05, 3.63) is 54.4 Å². The molecule has 1 aliphatic rings. The summed E-state index contributed by atoms with van der Waals surface area (Å²) >= 11 is 1.14. The SMILES string of the molecule is COc1cccc(OCc2nnc(SCC(=O)N3c4ccccc4NC(=O)C3(C)C)n2N)c1. The molecule has 0 aliphatic carbocycles. The molecule has 1 aliphatic heterocycles. The third kappa shape index (κ3) is 4.44. The van der Waals surface area contributed by atoms with E-state index in [0.717, 1.165) is 11.8 Å². The van der Waals surface area contributed by atoms with Gasteiger partial charge in [0.25, 0.3) is 0 Å². The molecule has 2 heterocycles. The van der Waals surface area contributed by atoms with Gasteiger partial charge in [-0.1, -0.05) is 30.0 Å². The first kappa shape index (κ1) is 22.5. The number of aromatic nitrogens is 3. The molecule has 1 aromatic heterocycles. The van der Waals surface area contributed by atoms with Gasteiger partial charge < -0.3 is 20.6 Å². The molecular formula is C22H24N6O4S. The van der Waals surface area contributed by atoms with Crippen LogP contribution in [0, 0.1) is 0 Å². The zero-order valence-electron chi connectivity index (χ0n) is 18.4. The largest absolute Gasteiger partial charge is 0.497 e. The van der Waals surface area contributed by atoms with Crippen LogP contribution in [0.3, 0.4) is 0 Å². The Kier molecular flexibility index (Phi) is 6.14. The number of carbonyl (C=O) groups is 2. The number of nitrogens with zero attached hydrogens (tertiary/aromatic N) is 4. The van der Waals surface area contributed by atoms with Gasteiger partial charge in [-0.25, -0.2) is 4.68 Å².